The lowest BCUT2D eigenvalue weighted by molar-refractivity contribution is -0.129. The summed E-state index contributed by atoms with van der Waals surface area (Å²) >= 11 is 6.39. The second kappa shape index (κ2) is 7.68. The van der Waals surface area contributed by atoms with Crippen molar-refractivity contribution >= 4 is 23.2 Å². The van der Waals surface area contributed by atoms with Crippen LogP contribution in [-0.4, -0.2) is 47.5 Å². The fourth-order valence-electron chi connectivity index (χ4n) is 4.02. The van der Waals surface area contributed by atoms with Gasteiger partial charge in [0.15, 0.2) is 5.75 Å². The van der Waals surface area contributed by atoms with Crippen LogP contribution in [0, 0.1) is 5.92 Å². The molecule has 2 aromatic rings. The number of nitrogens with one attached hydrogen (secondary N) is 1. The zero-order valence-electron chi connectivity index (χ0n) is 16.9. The van der Waals surface area contributed by atoms with Gasteiger partial charge in [0.1, 0.15) is 22.1 Å². The van der Waals surface area contributed by atoms with Crippen LogP contribution >= 0.6 is 11.6 Å². The van der Waals surface area contributed by atoms with Crippen LogP contribution in [-0.2, 0) is 11.3 Å². The third-order valence-electron chi connectivity index (χ3n) is 5.59. The second-order valence-electron chi connectivity index (χ2n) is 7.33. The molecule has 8 nitrogen and oxygen atoms in total. The van der Waals surface area contributed by atoms with Crippen molar-refractivity contribution in [1.82, 2.24) is 14.9 Å². The molecule has 2 aliphatic rings. The van der Waals surface area contributed by atoms with E-state index in [0.717, 1.165) is 5.70 Å². The number of hydrogen-bond donors (Lipinski definition) is 1. The Bertz CT molecular complexity index is 1030. The van der Waals surface area contributed by atoms with E-state index in [1.165, 1.54) is 26.4 Å². The first kappa shape index (κ1) is 20.3. The number of methoxy groups -OCH3 is 2. The van der Waals surface area contributed by atoms with E-state index in [9.17, 15) is 9.59 Å². The molecule has 0 bridgehead atoms. The van der Waals surface area contributed by atoms with E-state index in [4.69, 9.17) is 25.8 Å². The molecule has 2 heterocycles. The predicted molar refractivity (Wildman–Crippen MR) is 109 cm³/mol. The lowest BCUT2D eigenvalue weighted by Gasteiger charge is -2.35. The minimum atomic E-state index is -1.65. The fraction of sp³-hybridized carbons (Fsp3) is 0.381. The summed E-state index contributed by atoms with van der Waals surface area (Å²) in [5.41, 5.74) is -0.712. The molecule has 0 radical (unpaired) electrons. The monoisotopic (exact) mass is 431 g/mol. The third-order valence-corrected chi connectivity index (χ3v) is 5.95. The van der Waals surface area contributed by atoms with Gasteiger partial charge in [0.25, 0.3) is 0 Å². The molecule has 1 aromatic carbocycles. The van der Waals surface area contributed by atoms with Crippen molar-refractivity contribution in [3.05, 3.63) is 47.1 Å². The molecule has 9 heteroatoms. The van der Waals surface area contributed by atoms with Crippen molar-refractivity contribution in [2.75, 3.05) is 20.8 Å². The van der Waals surface area contributed by atoms with Gasteiger partial charge in [-0.1, -0.05) is 18.5 Å². The summed E-state index contributed by atoms with van der Waals surface area (Å²) in [5, 5.41) is 3.41. The molecule has 30 heavy (non-hydrogen) atoms. The van der Waals surface area contributed by atoms with Crippen molar-refractivity contribution in [3.8, 4) is 17.2 Å². The molecular weight excluding hydrogens is 410 g/mol. The van der Waals surface area contributed by atoms with Crippen LogP contribution < -0.4 is 19.5 Å². The van der Waals surface area contributed by atoms with Crippen LogP contribution in [0.15, 0.2) is 36.6 Å². The Morgan fingerprint density at radius 1 is 1.33 bits per heavy atom. The number of benzene rings is 1. The summed E-state index contributed by atoms with van der Waals surface area (Å²) < 4.78 is 18.6. The number of rotatable bonds is 6. The number of ether oxygens (including phenoxy) is 3. The minimum absolute atomic E-state index is 0.128. The number of carbonyl (C=O) groups is 2. The van der Waals surface area contributed by atoms with Gasteiger partial charge in [0.2, 0.25) is 17.2 Å². The molecule has 0 amide bonds. The number of aromatic nitrogens is 2. The highest BCUT2D eigenvalue weighted by Crippen LogP contribution is 2.52. The van der Waals surface area contributed by atoms with Crippen LogP contribution in [0.25, 0.3) is 0 Å². The third kappa shape index (κ3) is 3.02. The number of hydrogen-bond acceptors (Lipinski definition) is 7. The zero-order chi connectivity index (χ0) is 21.5. The van der Waals surface area contributed by atoms with E-state index in [2.05, 4.69) is 10.3 Å². The van der Waals surface area contributed by atoms with Crippen molar-refractivity contribution in [2.24, 2.45) is 5.92 Å². The van der Waals surface area contributed by atoms with Crippen molar-refractivity contribution in [1.29, 1.82) is 0 Å². The molecular formula is C21H22ClN3O5. The number of nitrogens with zero attached hydrogens (tertiary/aromatic N) is 2. The highest BCUT2D eigenvalue weighted by molar-refractivity contribution is 6.36. The van der Waals surface area contributed by atoms with E-state index in [0.29, 0.717) is 25.3 Å². The van der Waals surface area contributed by atoms with Gasteiger partial charge < -0.3 is 24.1 Å². The Hall–Kier alpha value is -3.00. The van der Waals surface area contributed by atoms with Gasteiger partial charge in [0, 0.05) is 49.2 Å². The molecule has 158 valence electrons. The number of carbonyl (C=O) groups excluding carboxylic acids is 2. The van der Waals surface area contributed by atoms with Gasteiger partial charge in [-0.2, -0.15) is 0 Å². The molecule has 1 spiro atoms. The maximum Gasteiger partial charge on any atom is 0.236 e. The molecule has 0 unspecified atom stereocenters. The molecule has 1 aliphatic heterocycles. The topological polar surface area (TPSA) is 91.7 Å². The smallest absolute Gasteiger partial charge is 0.236 e. The van der Waals surface area contributed by atoms with Gasteiger partial charge >= 0.3 is 0 Å². The Morgan fingerprint density at radius 2 is 2.10 bits per heavy atom. The molecule has 1 aliphatic carbocycles. The van der Waals surface area contributed by atoms with Gasteiger partial charge in [-0.15, -0.1) is 0 Å². The molecule has 1 aromatic heterocycles. The van der Waals surface area contributed by atoms with Crippen LogP contribution in [0.4, 0.5) is 0 Å². The lowest BCUT2D eigenvalue weighted by atomic mass is 9.74. The van der Waals surface area contributed by atoms with Crippen molar-refractivity contribution < 1.29 is 23.8 Å². The van der Waals surface area contributed by atoms with Crippen LogP contribution in [0.5, 0.6) is 17.2 Å². The number of allylic oxidation sites excluding steroid dienone is 1. The highest BCUT2D eigenvalue weighted by atomic mass is 35.5. The molecule has 0 saturated carbocycles. The molecule has 2 atom stereocenters. The van der Waals surface area contributed by atoms with Gasteiger partial charge in [-0.25, -0.2) is 4.98 Å². The summed E-state index contributed by atoms with van der Waals surface area (Å²) in [6, 6.07) is 1.53. The van der Waals surface area contributed by atoms with Gasteiger partial charge in [0.05, 0.1) is 20.5 Å². The van der Waals surface area contributed by atoms with E-state index in [1.54, 1.807) is 12.5 Å². The van der Waals surface area contributed by atoms with Crippen LogP contribution in [0.2, 0.25) is 5.02 Å². The summed E-state index contributed by atoms with van der Waals surface area (Å²) in [5.74, 6) is -0.554. The van der Waals surface area contributed by atoms with E-state index < -0.39 is 23.1 Å². The largest absolute Gasteiger partial charge is 0.496 e. The van der Waals surface area contributed by atoms with Crippen molar-refractivity contribution in [3.63, 3.8) is 0 Å². The summed E-state index contributed by atoms with van der Waals surface area (Å²) in [7, 11) is 2.90. The quantitative estimate of drug-likeness (QED) is 0.703. The van der Waals surface area contributed by atoms with Crippen LogP contribution in [0.1, 0.15) is 23.7 Å². The van der Waals surface area contributed by atoms with Gasteiger partial charge in [-0.3, -0.25) is 9.59 Å². The SMILES string of the molecule is COc1cc(OC)c2c(c1Cl)O[C@@]1(C(=O)C=C(NCCn3ccnc3)C[C@H]1C)C2=O. The summed E-state index contributed by atoms with van der Waals surface area (Å²) in [6.07, 6.45) is 7.24. The Labute approximate surface area is 178 Å². The summed E-state index contributed by atoms with van der Waals surface area (Å²) in [6.45, 7) is 3.16. The number of fused-ring (bicyclic) bond motifs is 1. The minimum Gasteiger partial charge on any atom is -0.496 e. The molecule has 4 rings (SSSR count). The average Bonchev–Trinajstić information content (AvgIpc) is 3.35. The van der Waals surface area contributed by atoms with Gasteiger partial charge in [-0.05, 0) is 6.42 Å². The van der Waals surface area contributed by atoms with E-state index in [1.807, 2.05) is 17.7 Å². The molecule has 0 saturated heterocycles. The maximum absolute atomic E-state index is 13.4. The average molecular weight is 432 g/mol. The summed E-state index contributed by atoms with van der Waals surface area (Å²) in [4.78, 5) is 30.6. The normalized spacial score (nSPS) is 22.5. The number of halogens is 1. The number of Topliss-reactive ketones (excluding diaryl/α,β-unsaturated/α-hetero) is 1. The second-order valence-corrected chi connectivity index (χ2v) is 7.71. The first-order valence-electron chi connectivity index (χ1n) is 9.55. The zero-order valence-corrected chi connectivity index (χ0v) is 17.7. The van der Waals surface area contributed by atoms with E-state index in [-0.39, 0.29) is 22.1 Å². The molecule has 1 N–H and O–H groups in total. The first-order valence-corrected chi connectivity index (χ1v) is 9.93. The predicted octanol–water partition coefficient (Wildman–Crippen LogP) is 2.65. The Morgan fingerprint density at radius 3 is 2.73 bits per heavy atom. The standard InChI is InChI=1S/C21H22ClN3O5/c1-12-8-13(24-5-7-25-6-4-23-11-25)9-16(26)21(12)20(27)17-14(28-2)10-15(29-3)18(22)19(17)30-21/h4,6,9-12,24H,5,7-8H2,1-3H3/t12-,21+/m1/s1. The van der Waals surface area contributed by atoms with Crippen molar-refractivity contribution in [2.45, 2.75) is 25.5 Å². The number of imidazole rings is 1. The van der Waals surface area contributed by atoms with Crippen LogP contribution in [0.3, 0.4) is 0 Å². The Balaban J connectivity index is 1.61. The fourth-order valence-corrected chi connectivity index (χ4v) is 4.28. The highest BCUT2D eigenvalue weighted by Gasteiger charge is 2.60. The first-order chi connectivity index (χ1) is 14.4. The number of ketones is 2. The van der Waals surface area contributed by atoms with E-state index >= 15 is 0 Å². The Kier molecular flexibility index (Phi) is 5.19. The lowest BCUT2D eigenvalue weighted by Crippen LogP contribution is -2.55. The molecule has 0 fully saturated rings. The maximum atomic E-state index is 13.4.